The highest BCUT2D eigenvalue weighted by molar-refractivity contribution is 7.11. The summed E-state index contributed by atoms with van der Waals surface area (Å²) in [5, 5.41) is 4.62. The van der Waals surface area contributed by atoms with Gasteiger partial charge in [-0.15, -0.1) is 11.3 Å². The summed E-state index contributed by atoms with van der Waals surface area (Å²) in [6.07, 6.45) is 4.68. The fourth-order valence-electron chi connectivity index (χ4n) is 2.17. The zero-order valence-corrected chi connectivity index (χ0v) is 11.8. The van der Waals surface area contributed by atoms with Crippen LogP contribution < -0.4 is 5.32 Å². The van der Waals surface area contributed by atoms with E-state index in [1.54, 1.807) is 0 Å². The lowest BCUT2D eigenvalue weighted by atomic mass is 9.80. The molecule has 0 aromatic carbocycles. The number of aromatic nitrogens is 1. The fourth-order valence-corrected chi connectivity index (χ4v) is 3.43. The second kappa shape index (κ2) is 5.46. The van der Waals surface area contributed by atoms with Gasteiger partial charge in [0, 0.05) is 18.5 Å². The largest absolute Gasteiger partial charge is 0.371 e. The molecular formula is C13H22N2OS. The molecule has 2 rings (SSSR count). The number of methoxy groups -OCH3 is 1. The van der Waals surface area contributed by atoms with Gasteiger partial charge in [-0.05, 0) is 39.2 Å². The SMILES string of the molecule is CCCNCc1sc(C2(OC)CCC2)nc1C. The van der Waals surface area contributed by atoms with Crippen LogP contribution in [0.4, 0.5) is 0 Å². The van der Waals surface area contributed by atoms with Crippen molar-refractivity contribution >= 4 is 11.3 Å². The molecule has 0 spiro atoms. The quantitative estimate of drug-likeness (QED) is 0.793. The fraction of sp³-hybridized carbons (Fsp3) is 0.769. The summed E-state index contributed by atoms with van der Waals surface area (Å²) in [5.41, 5.74) is 1.11. The smallest absolute Gasteiger partial charge is 0.125 e. The monoisotopic (exact) mass is 254 g/mol. The molecule has 1 aliphatic rings. The van der Waals surface area contributed by atoms with Crippen LogP contribution in [0.5, 0.6) is 0 Å². The molecule has 17 heavy (non-hydrogen) atoms. The van der Waals surface area contributed by atoms with Crippen LogP contribution >= 0.6 is 11.3 Å². The number of hydrogen-bond donors (Lipinski definition) is 1. The molecule has 0 amide bonds. The highest BCUT2D eigenvalue weighted by atomic mass is 32.1. The van der Waals surface area contributed by atoms with Gasteiger partial charge in [0.25, 0.3) is 0 Å². The minimum Gasteiger partial charge on any atom is -0.371 e. The van der Waals surface area contributed by atoms with E-state index in [0.29, 0.717) is 0 Å². The summed E-state index contributed by atoms with van der Waals surface area (Å²) >= 11 is 1.82. The third-order valence-electron chi connectivity index (χ3n) is 3.55. The third-order valence-corrected chi connectivity index (χ3v) is 4.89. The molecule has 0 bridgehead atoms. The van der Waals surface area contributed by atoms with Crippen molar-refractivity contribution < 1.29 is 4.74 Å². The van der Waals surface area contributed by atoms with Gasteiger partial charge in [-0.25, -0.2) is 4.98 Å². The molecular weight excluding hydrogens is 232 g/mol. The summed E-state index contributed by atoms with van der Waals surface area (Å²) in [6, 6.07) is 0. The van der Waals surface area contributed by atoms with Crippen LogP contribution in [0.15, 0.2) is 0 Å². The van der Waals surface area contributed by atoms with Gasteiger partial charge < -0.3 is 10.1 Å². The lowest BCUT2D eigenvalue weighted by Crippen LogP contribution is -2.35. The Morgan fingerprint density at radius 3 is 2.76 bits per heavy atom. The van der Waals surface area contributed by atoms with Crippen molar-refractivity contribution in [2.45, 2.75) is 51.7 Å². The van der Waals surface area contributed by atoms with Gasteiger partial charge >= 0.3 is 0 Å². The van der Waals surface area contributed by atoms with E-state index in [9.17, 15) is 0 Å². The minimum absolute atomic E-state index is 0.0571. The Morgan fingerprint density at radius 1 is 1.47 bits per heavy atom. The maximum Gasteiger partial charge on any atom is 0.125 e. The van der Waals surface area contributed by atoms with E-state index in [2.05, 4.69) is 19.2 Å². The molecule has 0 radical (unpaired) electrons. The standard InChI is InChI=1S/C13H22N2OS/c1-4-8-14-9-11-10(2)15-12(17-11)13(16-3)6-5-7-13/h14H,4-9H2,1-3H3. The first-order chi connectivity index (χ1) is 8.22. The normalized spacial score (nSPS) is 18.1. The Hall–Kier alpha value is -0.450. The molecule has 4 heteroatoms. The van der Waals surface area contributed by atoms with Crippen LogP contribution in [0.3, 0.4) is 0 Å². The van der Waals surface area contributed by atoms with E-state index in [-0.39, 0.29) is 5.60 Å². The molecule has 1 aromatic rings. The minimum atomic E-state index is -0.0571. The summed E-state index contributed by atoms with van der Waals surface area (Å²) in [4.78, 5) is 6.07. The predicted molar refractivity (Wildman–Crippen MR) is 71.4 cm³/mol. The molecule has 1 fully saturated rings. The van der Waals surface area contributed by atoms with Gasteiger partial charge in [-0.1, -0.05) is 6.92 Å². The molecule has 0 saturated heterocycles. The van der Waals surface area contributed by atoms with Crippen molar-refractivity contribution in [1.29, 1.82) is 0 Å². The molecule has 0 atom stereocenters. The number of thiazole rings is 1. The van der Waals surface area contributed by atoms with Crippen LogP contribution in [0, 0.1) is 6.92 Å². The number of aryl methyl sites for hydroxylation is 1. The van der Waals surface area contributed by atoms with Gasteiger partial charge in [0.2, 0.25) is 0 Å². The highest BCUT2D eigenvalue weighted by Crippen LogP contribution is 2.46. The number of hydrogen-bond acceptors (Lipinski definition) is 4. The first kappa shape index (κ1) is 13.0. The average Bonchev–Trinajstić information content (AvgIpc) is 2.60. The van der Waals surface area contributed by atoms with Gasteiger partial charge in [0.05, 0.1) is 5.69 Å². The third kappa shape index (κ3) is 2.54. The predicted octanol–water partition coefficient (Wildman–Crippen LogP) is 2.98. The first-order valence-electron chi connectivity index (χ1n) is 6.44. The van der Waals surface area contributed by atoms with Crippen molar-refractivity contribution in [3.63, 3.8) is 0 Å². The first-order valence-corrected chi connectivity index (χ1v) is 7.26. The van der Waals surface area contributed by atoms with E-state index in [0.717, 1.165) is 31.6 Å². The maximum atomic E-state index is 5.68. The molecule has 0 unspecified atom stereocenters. The Balaban J connectivity index is 2.07. The number of rotatable bonds is 6. The molecule has 1 aromatic heterocycles. The van der Waals surface area contributed by atoms with Crippen molar-refractivity contribution in [2.24, 2.45) is 0 Å². The van der Waals surface area contributed by atoms with E-state index in [1.165, 1.54) is 22.7 Å². The Bertz CT molecular complexity index is 366. The molecule has 96 valence electrons. The van der Waals surface area contributed by atoms with Crippen LogP contribution in [0.1, 0.15) is 48.2 Å². The second-order valence-corrected chi connectivity index (χ2v) is 5.84. The average molecular weight is 254 g/mol. The van der Waals surface area contributed by atoms with Crippen LogP contribution in [0.25, 0.3) is 0 Å². The van der Waals surface area contributed by atoms with Gasteiger partial charge in [0.15, 0.2) is 0 Å². The van der Waals surface area contributed by atoms with Crippen molar-refractivity contribution in [3.05, 3.63) is 15.6 Å². The lowest BCUT2D eigenvalue weighted by molar-refractivity contribution is -0.0780. The van der Waals surface area contributed by atoms with Crippen LogP contribution in [0.2, 0.25) is 0 Å². The lowest BCUT2D eigenvalue weighted by Gasteiger charge is -2.38. The van der Waals surface area contributed by atoms with E-state index in [1.807, 2.05) is 18.4 Å². The van der Waals surface area contributed by atoms with Gasteiger partial charge in [-0.3, -0.25) is 0 Å². The highest BCUT2D eigenvalue weighted by Gasteiger charge is 2.41. The molecule has 1 heterocycles. The second-order valence-electron chi connectivity index (χ2n) is 4.76. The van der Waals surface area contributed by atoms with Gasteiger partial charge in [0.1, 0.15) is 10.6 Å². The Labute approximate surface area is 108 Å². The summed E-state index contributed by atoms with van der Waals surface area (Å²) in [7, 11) is 1.81. The number of nitrogens with one attached hydrogen (secondary N) is 1. The topological polar surface area (TPSA) is 34.1 Å². The summed E-state index contributed by atoms with van der Waals surface area (Å²) < 4.78 is 5.68. The Morgan fingerprint density at radius 2 is 2.24 bits per heavy atom. The summed E-state index contributed by atoms with van der Waals surface area (Å²) in [6.45, 7) is 6.30. The van der Waals surface area contributed by atoms with Gasteiger partial charge in [-0.2, -0.15) is 0 Å². The molecule has 1 aliphatic carbocycles. The van der Waals surface area contributed by atoms with Crippen molar-refractivity contribution in [2.75, 3.05) is 13.7 Å². The number of nitrogens with zero attached hydrogens (tertiary/aromatic N) is 1. The molecule has 1 N–H and O–H groups in total. The molecule has 3 nitrogen and oxygen atoms in total. The van der Waals surface area contributed by atoms with Crippen molar-refractivity contribution in [3.8, 4) is 0 Å². The summed E-state index contributed by atoms with van der Waals surface area (Å²) in [5.74, 6) is 0. The van der Waals surface area contributed by atoms with E-state index in [4.69, 9.17) is 9.72 Å². The zero-order valence-electron chi connectivity index (χ0n) is 11.0. The van der Waals surface area contributed by atoms with E-state index >= 15 is 0 Å². The molecule has 1 saturated carbocycles. The Kier molecular flexibility index (Phi) is 4.17. The van der Waals surface area contributed by atoms with Crippen LogP contribution in [-0.4, -0.2) is 18.6 Å². The zero-order chi connectivity index (χ0) is 12.3. The number of ether oxygens (including phenoxy) is 1. The van der Waals surface area contributed by atoms with Crippen LogP contribution in [-0.2, 0) is 16.9 Å². The molecule has 0 aliphatic heterocycles. The van der Waals surface area contributed by atoms with Crippen molar-refractivity contribution in [1.82, 2.24) is 10.3 Å². The van der Waals surface area contributed by atoms with E-state index < -0.39 is 0 Å². The maximum absolute atomic E-state index is 5.68.